The minimum Gasteiger partial charge on any atom is -0.496 e. The third-order valence-corrected chi connectivity index (χ3v) is 5.88. The zero-order valence-corrected chi connectivity index (χ0v) is 18.9. The number of carbonyl (C=O) groups is 2. The van der Waals surface area contributed by atoms with Crippen LogP contribution in [-0.2, 0) is 20.7 Å². The van der Waals surface area contributed by atoms with Crippen LogP contribution in [0.25, 0.3) is 6.08 Å². The lowest BCUT2D eigenvalue weighted by Gasteiger charge is -2.30. The highest BCUT2D eigenvalue weighted by Crippen LogP contribution is 2.30. The van der Waals surface area contributed by atoms with Crippen molar-refractivity contribution in [3.05, 3.63) is 59.2 Å². The molecule has 32 heavy (non-hydrogen) atoms. The number of benzene rings is 2. The molecule has 2 heterocycles. The van der Waals surface area contributed by atoms with Crippen molar-refractivity contribution in [3.8, 4) is 5.75 Å². The van der Waals surface area contributed by atoms with Crippen molar-refractivity contribution in [1.29, 1.82) is 0 Å². The van der Waals surface area contributed by atoms with E-state index in [4.69, 9.17) is 21.7 Å². The van der Waals surface area contributed by atoms with Crippen LogP contribution >= 0.6 is 12.2 Å². The van der Waals surface area contributed by atoms with Gasteiger partial charge in [0.1, 0.15) is 11.3 Å². The molecule has 8 heteroatoms. The van der Waals surface area contributed by atoms with Gasteiger partial charge < -0.3 is 14.4 Å². The SMILES string of the molecule is CCc1ccc(N2C(=O)/C(=C/c3ccc(N4CCOCC4)cc3OC)C(=O)NC2=S)cc1. The summed E-state index contributed by atoms with van der Waals surface area (Å²) in [5.41, 5.74) is 3.39. The maximum Gasteiger partial charge on any atom is 0.270 e. The van der Waals surface area contributed by atoms with Crippen LogP contribution < -0.4 is 19.9 Å². The number of rotatable bonds is 5. The van der Waals surface area contributed by atoms with E-state index in [2.05, 4.69) is 17.1 Å². The summed E-state index contributed by atoms with van der Waals surface area (Å²) in [6.45, 7) is 5.02. The van der Waals surface area contributed by atoms with Crippen LogP contribution in [0.5, 0.6) is 5.75 Å². The van der Waals surface area contributed by atoms with Crippen LogP contribution in [0.3, 0.4) is 0 Å². The quantitative estimate of drug-likeness (QED) is 0.428. The van der Waals surface area contributed by atoms with Gasteiger partial charge in [0, 0.05) is 30.4 Å². The topological polar surface area (TPSA) is 71.1 Å². The Morgan fingerprint density at radius 1 is 1.09 bits per heavy atom. The van der Waals surface area contributed by atoms with Gasteiger partial charge in [-0.05, 0) is 54.5 Å². The van der Waals surface area contributed by atoms with Crippen LogP contribution in [-0.4, -0.2) is 50.3 Å². The third kappa shape index (κ3) is 4.37. The van der Waals surface area contributed by atoms with E-state index in [0.717, 1.165) is 30.8 Å². The first-order valence-electron chi connectivity index (χ1n) is 10.5. The first-order valence-corrected chi connectivity index (χ1v) is 10.9. The Bertz CT molecular complexity index is 1080. The minimum absolute atomic E-state index is 0.00408. The number of methoxy groups -OCH3 is 1. The van der Waals surface area contributed by atoms with E-state index in [0.29, 0.717) is 30.2 Å². The largest absolute Gasteiger partial charge is 0.496 e. The molecular formula is C24H25N3O4S. The second-order valence-corrected chi connectivity index (χ2v) is 7.89. The summed E-state index contributed by atoms with van der Waals surface area (Å²) in [4.78, 5) is 29.5. The van der Waals surface area contributed by atoms with Gasteiger partial charge in [0.25, 0.3) is 11.8 Å². The summed E-state index contributed by atoms with van der Waals surface area (Å²) >= 11 is 5.29. The summed E-state index contributed by atoms with van der Waals surface area (Å²) < 4.78 is 11.0. The Balaban J connectivity index is 1.66. The third-order valence-electron chi connectivity index (χ3n) is 5.60. The molecule has 0 aliphatic carbocycles. The van der Waals surface area contributed by atoms with E-state index in [1.807, 2.05) is 42.5 Å². The molecule has 2 saturated heterocycles. The molecule has 0 aromatic heterocycles. The van der Waals surface area contributed by atoms with Crippen molar-refractivity contribution in [2.45, 2.75) is 13.3 Å². The second-order valence-electron chi connectivity index (χ2n) is 7.50. The van der Waals surface area contributed by atoms with E-state index >= 15 is 0 Å². The van der Waals surface area contributed by atoms with Gasteiger partial charge in [-0.1, -0.05) is 19.1 Å². The van der Waals surface area contributed by atoms with Crippen molar-refractivity contribution in [2.75, 3.05) is 43.2 Å². The molecule has 2 amide bonds. The van der Waals surface area contributed by atoms with Crippen LogP contribution in [0.2, 0.25) is 0 Å². The summed E-state index contributed by atoms with van der Waals surface area (Å²) in [6, 6.07) is 13.3. The number of morpholine rings is 1. The van der Waals surface area contributed by atoms with Gasteiger partial charge in [-0.25, -0.2) is 0 Å². The van der Waals surface area contributed by atoms with E-state index in [1.54, 1.807) is 13.2 Å². The average Bonchev–Trinajstić information content (AvgIpc) is 2.82. The van der Waals surface area contributed by atoms with Crippen molar-refractivity contribution in [3.63, 3.8) is 0 Å². The zero-order valence-electron chi connectivity index (χ0n) is 18.1. The predicted octanol–water partition coefficient (Wildman–Crippen LogP) is 2.93. The molecule has 2 aromatic carbocycles. The monoisotopic (exact) mass is 451 g/mol. The number of hydrogen-bond donors (Lipinski definition) is 1. The second kappa shape index (κ2) is 9.50. The summed E-state index contributed by atoms with van der Waals surface area (Å²) in [5.74, 6) is -0.419. The normalized spacial score (nSPS) is 18.2. The number of thiocarbonyl (C=S) groups is 1. The molecule has 2 fully saturated rings. The van der Waals surface area contributed by atoms with Gasteiger partial charge in [0.2, 0.25) is 0 Å². The lowest BCUT2D eigenvalue weighted by Crippen LogP contribution is -2.54. The lowest BCUT2D eigenvalue weighted by atomic mass is 10.0. The number of ether oxygens (including phenoxy) is 2. The molecule has 2 aliphatic heterocycles. The summed E-state index contributed by atoms with van der Waals surface area (Å²) in [6.07, 6.45) is 2.44. The summed E-state index contributed by atoms with van der Waals surface area (Å²) in [7, 11) is 1.57. The first-order chi connectivity index (χ1) is 15.5. The molecule has 1 N–H and O–H groups in total. The molecule has 0 spiro atoms. The molecular weight excluding hydrogens is 426 g/mol. The van der Waals surface area contributed by atoms with Gasteiger partial charge in [-0.3, -0.25) is 19.8 Å². The molecule has 0 bridgehead atoms. The predicted molar refractivity (Wildman–Crippen MR) is 128 cm³/mol. The Labute approximate surface area is 192 Å². The van der Waals surface area contributed by atoms with E-state index in [-0.39, 0.29) is 10.7 Å². The van der Waals surface area contributed by atoms with Crippen LogP contribution in [0.1, 0.15) is 18.1 Å². The van der Waals surface area contributed by atoms with Gasteiger partial charge in [0.15, 0.2) is 5.11 Å². The molecule has 4 rings (SSSR count). The molecule has 0 radical (unpaired) electrons. The number of hydrogen-bond acceptors (Lipinski definition) is 6. The molecule has 2 aliphatic rings. The van der Waals surface area contributed by atoms with Crippen molar-refractivity contribution in [1.82, 2.24) is 5.32 Å². The number of nitrogens with zero attached hydrogens (tertiary/aromatic N) is 2. The van der Waals surface area contributed by atoms with Gasteiger partial charge in [0.05, 0.1) is 26.0 Å². The number of aryl methyl sites for hydroxylation is 1. The number of anilines is 2. The van der Waals surface area contributed by atoms with Gasteiger partial charge in [-0.15, -0.1) is 0 Å². The number of nitrogens with one attached hydrogen (secondary N) is 1. The molecule has 166 valence electrons. The number of carbonyl (C=O) groups excluding carboxylic acids is 2. The first kappa shape index (κ1) is 22.0. The van der Waals surface area contributed by atoms with E-state index in [1.165, 1.54) is 4.90 Å². The van der Waals surface area contributed by atoms with E-state index in [9.17, 15) is 9.59 Å². The highest BCUT2D eigenvalue weighted by Gasteiger charge is 2.34. The standard InChI is InChI=1S/C24H25N3O4S/c1-3-16-4-7-18(8-5-16)27-23(29)20(22(28)25-24(27)32)14-17-6-9-19(15-21(17)30-2)26-10-12-31-13-11-26/h4-9,14-15H,3,10-13H2,1-2H3,(H,25,28,32)/b20-14+. The fourth-order valence-corrected chi connectivity index (χ4v) is 4.05. The van der Waals surface area contributed by atoms with Crippen LogP contribution in [0, 0.1) is 0 Å². The molecule has 2 aromatic rings. The van der Waals surface area contributed by atoms with Crippen LogP contribution in [0.15, 0.2) is 48.0 Å². The fourth-order valence-electron chi connectivity index (χ4n) is 3.77. The lowest BCUT2D eigenvalue weighted by molar-refractivity contribution is -0.122. The summed E-state index contributed by atoms with van der Waals surface area (Å²) in [5, 5.41) is 2.69. The maximum atomic E-state index is 13.3. The van der Waals surface area contributed by atoms with Crippen molar-refractivity contribution >= 4 is 46.6 Å². The average molecular weight is 452 g/mol. The van der Waals surface area contributed by atoms with Crippen LogP contribution in [0.4, 0.5) is 11.4 Å². The smallest absolute Gasteiger partial charge is 0.270 e. The minimum atomic E-state index is -0.527. The zero-order chi connectivity index (χ0) is 22.7. The fraction of sp³-hybridized carbons (Fsp3) is 0.292. The Morgan fingerprint density at radius 3 is 2.44 bits per heavy atom. The maximum absolute atomic E-state index is 13.3. The highest BCUT2D eigenvalue weighted by molar-refractivity contribution is 7.80. The van der Waals surface area contributed by atoms with Crippen molar-refractivity contribution < 1.29 is 19.1 Å². The molecule has 7 nitrogen and oxygen atoms in total. The van der Waals surface area contributed by atoms with Crippen molar-refractivity contribution in [2.24, 2.45) is 0 Å². The van der Waals surface area contributed by atoms with Gasteiger partial charge in [-0.2, -0.15) is 0 Å². The molecule has 0 unspecified atom stereocenters. The van der Waals surface area contributed by atoms with E-state index < -0.39 is 11.8 Å². The highest BCUT2D eigenvalue weighted by atomic mass is 32.1. The Kier molecular flexibility index (Phi) is 6.53. The molecule has 0 saturated carbocycles. The Morgan fingerprint density at radius 2 is 1.78 bits per heavy atom. The number of amides is 2. The van der Waals surface area contributed by atoms with Gasteiger partial charge >= 0.3 is 0 Å². The Hall–Kier alpha value is -3.23. The molecule has 0 atom stereocenters.